The van der Waals surface area contributed by atoms with Gasteiger partial charge in [0.05, 0.1) is 6.10 Å². The number of carbonyl (C=O) groups is 2. The molecule has 2 N–H and O–H groups in total. The van der Waals surface area contributed by atoms with Crippen LogP contribution in [0.1, 0.15) is 32.6 Å². The number of rotatable bonds is 2. The number of hydrogen-bond donors (Lipinski definition) is 2. The van der Waals surface area contributed by atoms with Gasteiger partial charge in [-0.05, 0) is 25.2 Å². The minimum absolute atomic E-state index is 0.0265. The number of nitrogens with zero attached hydrogens (tertiary/aromatic N) is 1. The summed E-state index contributed by atoms with van der Waals surface area (Å²) in [5, 5.41) is 18.8. The van der Waals surface area contributed by atoms with Crippen molar-refractivity contribution in [3.05, 3.63) is 0 Å². The van der Waals surface area contributed by atoms with Gasteiger partial charge in [0.15, 0.2) is 0 Å². The van der Waals surface area contributed by atoms with Crippen LogP contribution in [-0.2, 0) is 9.59 Å². The molecular weight excluding hydrogens is 222 g/mol. The standard InChI is InChI=1S/C12H19NO4/c1-8-7-13(6-3-9(8)14)10(15)12(11(16)17)4-2-5-12/h8-9,14H,2-7H2,1H3,(H,16,17). The molecular formula is C12H19NO4. The fourth-order valence-electron chi connectivity index (χ4n) is 2.67. The largest absolute Gasteiger partial charge is 0.480 e. The summed E-state index contributed by atoms with van der Waals surface area (Å²) in [5.41, 5.74) is -1.16. The Kier molecular flexibility index (Phi) is 3.12. The highest BCUT2D eigenvalue weighted by molar-refractivity contribution is 6.02. The SMILES string of the molecule is CC1CN(C(=O)C2(C(=O)O)CCC2)CCC1O. The maximum absolute atomic E-state index is 12.3. The first kappa shape index (κ1) is 12.4. The van der Waals surface area contributed by atoms with Crippen molar-refractivity contribution >= 4 is 11.9 Å². The third-order valence-electron chi connectivity index (χ3n) is 4.17. The zero-order valence-electron chi connectivity index (χ0n) is 10.1. The van der Waals surface area contributed by atoms with Crippen molar-refractivity contribution in [3.8, 4) is 0 Å². The summed E-state index contributed by atoms with van der Waals surface area (Å²) in [5.74, 6) is -1.22. The molecule has 5 nitrogen and oxygen atoms in total. The average molecular weight is 241 g/mol. The number of piperidine rings is 1. The number of hydrogen-bond acceptors (Lipinski definition) is 3. The summed E-state index contributed by atoms with van der Waals surface area (Å²) in [6.07, 6.45) is 1.89. The fraction of sp³-hybridized carbons (Fsp3) is 0.833. The molecule has 2 atom stereocenters. The lowest BCUT2D eigenvalue weighted by Crippen LogP contribution is -2.56. The number of likely N-dealkylation sites (tertiary alicyclic amines) is 1. The molecule has 2 unspecified atom stereocenters. The van der Waals surface area contributed by atoms with Crippen molar-refractivity contribution < 1.29 is 19.8 Å². The van der Waals surface area contributed by atoms with E-state index < -0.39 is 11.4 Å². The molecule has 96 valence electrons. The molecule has 0 aromatic rings. The van der Waals surface area contributed by atoms with Gasteiger partial charge >= 0.3 is 5.97 Å². The smallest absolute Gasteiger partial charge is 0.319 e. The molecule has 5 heteroatoms. The van der Waals surface area contributed by atoms with Crippen LogP contribution in [-0.4, -0.2) is 46.2 Å². The van der Waals surface area contributed by atoms with Gasteiger partial charge in [-0.25, -0.2) is 0 Å². The van der Waals surface area contributed by atoms with Crippen LogP contribution in [0, 0.1) is 11.3 Å². The molecule has 1 aliphatic heterocycles. The third-order valence-corrected chi connectivity index (χ3v) is 4.17. The lowest BCUT2D eigenvalue weighted by molar-refractivity contribution is -0.169. The van der Waals surface area contributed by atoms with Gasteiger partial charge in [0.1, 0.15) is 5.41 Å². The normalized spacial score (nSPS) is 31.8. The van der Waals surface area contributed by atoms with E-state index in [0.29, 0.717) is 32.4 Å². The molecule has 1 aliphatic carbocycles. The first-order valence-corrected chi connectivity index (χ1v) is 6.18. The van der Waals surface area contributed by atoms with Crippen molar-refractivity contribution in [1.82, 2.24) is 4.90 Å². The molecule has 0 aromatic heterocycles. The highest BCUT2D eigenvalue weighted by Gasteiger charge is 2.53. The minimum atomic E-state index is -1.16. The van der Waals surface area contributed by atoms with E-state index in [2.05, 4.69) is 0 Å². The van der Waals surface area contributed by atoms with Crippen LogP contribution < -0.4 is 0 Å². The lowest BCUT2D eigenvalue weighted by Gasteiger charge is -2.43. The number of amides is 1. The monoisotopic (exact) mass is 241 g/mol. The Hall–Kier alpha value is -1.10. The Morgan fingerprint density at radius 1 is 1.35 bits per heavy atom. The van der Waals surface area contributed by atoms with Crippen molar-refractivity contribution in [2.45, 2.75) is 38.7 Å². The molecule has 0 spiro atoms. The molecule has 2 rings (SSSR count). The number of carbonyl (C=O) groups excluding carboxylic acids is 1. The summed E-state index contributed by atoms with van der Waals surface area (Å²) < 4.78 is 0. The van der Waals surface area contributed by atoms with E-state index in [4.69, 9.17) is 0 Å². The quantitative estimate of drug-likeness (QED) is 0.689. The second-order valence-corrected chi connectivity index (χ2v) is 5.33. The molecule has 1 saturated carbocycles. The molecule has 1 amide bonds. The van der Waals surface area contributed by atoms with Crippen molar-refractivity contribution in [2.24, 2.45) is 11.3 Å². The highest BCUT2D eigenvalue weighted by Crippen LogP contribution is 2.43. The van der Waals surface area contributed by atoms with E-state index >= 15 is 0 Å². The molecule has 0 bridgehead atoms. The maximum atomic E-state index is 12.3. The van der Waals surface area contributed by atoms with Crippen molar-refractivity contribution in [2.75, 3.05) is 13.1 Å². The Balaban J connectivity index is 2.07. The van der Waals surface area contributed by atoms with Crippen LogP contribution in [0.5, 0.6) is 0 Å². The number of carboxylic acid groups (broad SMARTS) is 1. The summed E-state index contributed by atoms with van der Waals surface area (Å²) in [6, 6.07) is 0. The van der Waals surface area contributed by atoms with Crippen LogP contribution in [0.2, 0.25) is 0 Å². The zero-order valence-corrected chi connectivity index (χ0v) is 10.1. The van der Waals surface area contributed by atoms with E-state index in [1.165, 1.54) is 0 Å². The predicted octanol–water partition coefficient (Wildman–Crippen LogP) is 0.471. The Bertz CT molecular complexity index is 337. The molecule has 0 aromatic carbocycles. The predicted molar refractivity (Wildman–Crippen MR) is 60.3 cm³/mol. The molecule has 1 heterocycles. The van der Waals surface area contributed by atoms with E-state index in [-0.39, 0.29) is 17.9 Å². The molecule has 2 aliphatic rings. The van der Waals surface area contributed by atoms with E-state index in [1.54, 1.807) is 4.90 Å². The van der Waals surface area contributed by atoms with Crippen molar-refractivity contribution in [3.63, 3.8) is 0 Å². The molecule has 1 saturated heterocycles. The topological polar surface area (TPSA) is 77.8 Å². The average Bonchev–Trinajstić information content (AvgIpc) is 2.19. The molecule has 17 heavy (non-hydrogen) atoms. The molecule has 2 fully saturated rings. The Morgan fingerprint density at radius 3 is 2.41 bits per heavy atom. The van der Waals surface area contributed by atoms with Crippen molar-refractivity contribution in [1.29, 1.82) is 0 Å². The van der Waals surface area contributed by atoms with Crippen LogP contribution in [0.3, 0.4) is 0 Å². The van der Waals surface area contributed by atoms with Gasteiger partial charge in [0.2, 0.25) is 5.91 Å². The number of carboxylic acids is 1. The fourth-order valence-corrected chi connectivity index (χ4v) is 2.67. The number of aliphatic carboxylic acids is 1. The summed E-state index contributed by atoms with van der Waals surface area (Å²) >= 11 is 0. The summed E-state index contributed by atoms with van der Waals surface area (Å²) in [6.45, 7) is 2.83. The van der Waals surface area contributed by atoms with E-state index in [9.17, 15) is 19.8 Å². The van der Waals surface area contributed by atoms with Crippen LogP contribution in [0.15, 0.2) is 0 Å². The Morgan fingerprint density at radius 2 is 2.00 bits per heavy atom. The number of aliphatic hydroxyl groups is 1. The van der Waals surface area contributed by atoms with Gasteiger partial charge in [-0.3, -0.25) is 9.59 Å². The van der Waals surface area contributed by atoms with Crippen LogP contribution >= 0.6 is 0 Å². The lowest BCUT2D eigenvalue weighted by atomic mass is 9.67. The third kappa shape index (κ3) is 1.92. The minimum Gasteiger partial charge on any atom is -0.480 e. The zero-order chi connectivity index (χ0) is 12.6. The second kappa shape index (κ2) is 4.29. The van der Waals surface area contributed by atoms with Gasteiger partial charge < -0.3 is 15.1 Å². The first-order valence-electron chi connectivity index (χ1n) is 6.18. The van der Waals surface area contributed by atoms with Gasteiger partial charge in [-0.1, -0.05) is 13.3 Å². The van der Waals surface area contributed by atoms with Crippen LogP contribution in [0.4, 0.5) is 0 Å². The Labute approximate surface area is 100 Å². The first-order chi connectivity index (χ1) is 7.97. The number of aliphatic hydroxyl groups excluding tert-OH is 1. The summed E-state index contributed by atoms with van der Waals surface area (Å²) in [7, 11) is 0. The highest BCUT2D eigenvalue weighted by atomic mass is 16.4. The maximum Gasteiger partial charge on any atom is 0.319 e. The second-order valence-electron chi connectivity index (χ2n) is 5.33. The van der Waals surface area contributed by atoms with E-state index in [0.717, 1.165) is 6.42 Å². The molecule has 0 radical (unpaired) electrons. The van der Waals surface area contributed by atoms with Gasteiger partial charge in [-0.2, -0.15) is 0 Å². The van der Waals surface area contributed by atoms with Gasteiger partial charge in [0.25, 0.3) is 0 Å². The van der Waals surface area contributed by atoms with Crippen LogP contribution in [0.25, 0.3) is 0 Å². The van der Waals surface area contributed by atoms with Gasteiger partial charge in [0, 0.05) is 13.1 Å². The van der Waals surface area contributed by atoms with Gasteiger partial charge in [-0.15, -0.1) is 0 Å². The van der Waals surface area contributed by atoms with E-state index in [1.807, 2.05) is 6.92 Å². The summed E-state index contributed by atoms with van der Waals surface area (Å²) in [4.78, 5) is 25.1.